The van der Waals surface area contributed by atoms with Crippen LogP contribution in [0, 0.1) is 11.8 Å². The van der Waals surface area contributed by atoms with Gasteiger partial charge < -0.3 is 10.6 Å². The Bertz CT molecular complexity index is 498. The van der Waals surface area contributed by atoms with E-state index in [0.29, 0.717) is 0 Å². The minimum Gasteiger partial charge on any atom is -0.317 e. The first-order valence-corrected chi connectivity index (χ1v) is 9.27. The van der Waals surface area contributed by atoms with E-state index in [1.54, 1.807) is 11.3 Å². The molecule has 1 aromatic rings. The van der Waals surface area contributed by atoms with Crippen LogP contribution in [0.5, 0.6) is 0 Å². The van der Waals surface area contributed by atoms with E-state index in [0.717, 1.165) is 55.8 Å². The Morgan fingerprint density at radius 3 is 3.05 bits per heavy atom. The predicted octanol–water partition coefficient (Wildman–Crippen LogP) is 2.31. The van der Waals surface area contributed by atoms with Gasteiger partial charge in [-0.1, -0.05) is 6.92 Å². The normalized spacial score (nSPS) is 24.3. The van der Waals surface area contributed by atoms with Crippen molar-refractivity contribution in [2.45, 2.75) is 39.2 Å². The largest absolute Gasteiger partial charge is 0.317 e. The summed E-state index contributed by atoms with van der Waals surface area (Å²) < 4.78 is 0. The molecule has 2 N–H and O–H groups in total. The number of hydrogen-bond donors (Lipinski definition) is 2. The van der Waals surface area contributed by atoms with Crippen LogP contribution in [0.4, 0.5) is 5.13 Å². The van der Waals surface area contributed by atoms with Gasteiger partial charge in [-0.05, 0) is 51.2 Å². The van der Waals surface area contributed by atoms with Gasteiger partial charge in [-0.3, -0.25) is 9.69 Å². The number of nitrogens with one attached hydrogen (secondary N) is 2. The van der Waals surface area contributed by atoms with Gasteiger partial charge in [0.25, 0.3) is 0 Å². The fourth-order valence-electron chi connectivity index (χ4n) is 3.39. The Hall–Kier alpha value is -0.980. The van der Waals surface area contributed by atoms with Crippen LogP contribution < -0.4 is 10.6 Å². The molecule has 5 nitrogen and oxygen atoms in total. The van der Waals surface area contributed by atoms with E-state index < -0.39 is 0 Å². The van der Waals surface area contributed by atoms with Crippen LogP contribution in [0.15, 0.2) is 5.38 Å². The maximum absolute atomic E-state index is 12.2. The summed E-state index contributed by atoms with van der Waals surface area (Å²) in [5, 5.41) is 9.12. The van der Waals surface area contributed by atoms with Gasteiger partial charge in [-0.15, -0.1) is 11.3 Å². The number of hydrogen-bond acceptors (Lipinski definition) is 5. The number of carbonyl (C=O) groups is 1. The van der Waals surface area contributed by atoms with Crippen molar-refractivity contribution in [3.63, 3.8) is 0 Å². The molecule has 1 amide bonds. The van der Waals surface area contributed by atoms with E-state index in [4.69, 9.17) is 0 Å². The first-order chi connectivity index (χ1) is 10.7. The molecule has 2 aliphatic heterocycles. The van der Waals surface area contributed by atoms with Crippen molar-refractivity contribution in [1.82, 2.24) is 15.2 Å². The van der Waals surface area contributed by atoms with Gasteiger partial charge in [0.15, 0.2) is 5.13 Å². The molecule has 3 heterocycles. The SMILES string of the molecule is CC1CCCN(Cc2csc(NC(=O)C3CCNCC3)n2)C1. The molecule has 0 spiro atoms. The lowest BCUT2D eigenvalue weighted by atomic mass is 9.97. The molecule has 0 bridgehead atoms. The number of aromatic nitrogens is 1. The zero-order valence-corrected chi connectivity index (χ0v) is 14.1. The molecule has 2 fully saturated rings. The van der Waals surface area contributed by atoms with Crippen LogP contribution in [0.3, 0.4) is 0 Å². The molecule has 1 unspecified atom stereocenters. The van der Waals surface area contributed by atoms with Crippen molar-refractivity contribution in [2.75, 3.05) is 31.5 Å². The third-order valence-electron chi connectivity index (χ3n) is 4.62. The smallest absolute Gasteiger partial charge is 0.229 e. The first-order valence-electron chi connectivity index (χ1n) is 8.39. The molecular weight excluding hydrogens is 296 g/mol. The third-order valence-corrected chi connectivity index (χ3v) is 5.43. The fraction of sp³-hybridized carbons (Fsp3) is 0.750. The number of piperidine rings is 2. The lowest BCUT2D eigenvalue weighted by Crippen LogP contribution is -2.34. The standard InChI is InChI=1S/C16H26N4OS/c1-12-3-2-8-20(9-12)10-14-11-22-16(18-14)19-15(21)13-4-6-17-7-5-13/h11-13,17H,2-10H2,1H3,(H,18,19,21). The summed E-state index contributed by atoms with van der Waals surface area (Å²) in [7, 11) is 0. The second-order valence-electron chi connectivity index (χ2n) is 6.64. The molecule has 2 saturated heterocycles. The lowest BCUT2D eigenvalue weighted by Gasteiger charge is -2.30. The van der Waals surface area contributed by atoms with Crippen molar-refractivity contribution >= 4 is 22.4 Å². The Morgan fingerprint density at radius 1 is 1.45 bits per heavy atom. The third kappa shape index (κ3) is 4.27. The van der Waals surface area contributed by atoms with Gasteiger partial charge in [-0.2, -0.15) is 0 Å². The summed E-state index contributed by atoms with van der Waals surface area (Å²) in [6.45, 7) is 7.43. The molecule has 1 aromatic heterocycles. The fourth-order valence-corrected chi connectivity index (χ4v) is 4.09. The highest BCUT2D eigenvalue weighted by Gasteiger charge is 2.22. The predicted molar refractivity (Wildman–Crippen MR) is 90.0 cm³/mol. The van der Waals surface area contributed by atoms with Crippen molar-refractivity contribution in [3.8, 4) is 0 Å². The van der Waals surface area contributed by atoms with Crippen LogP contribution in [-0.4, -0.2) is 42.0 Å². The Labute approximate surface area is 136 Å². The Morgan fingerprint density at radius 2 is 2.27 bits per heavy atom. The molecule has 22 heavy (non-hydrogen) atoms. The lowest BCUT2D eigenvalue weighted by molar-refractivity contribution is -0.120. The second kappa shape index (κ2) is 7.53. The second-order valence-corrected chi connectivity index (χ2v) is 7.50. The van der Waals surface area contributed by atoms with E-state index in [1.807, 2.05) is 0 Å². The topological polar surface area (TPSA) is 57.3 Å². The summed E-state index contributed by atoms with van der Waals surface area (Å²) in [4.78, 5) is 19.3. The van der Waals surface area contributed by atoms with E-state index in [2.05, 4.69) is 32.8 Å². The number of carbonyl (C=O) groups excluding carboxylic acids is 1. The van der Waals surface area contributed by atoms with Crippen molar-refractivity contribution in [2.24, 2.45) is 11.8 Å². The maximum atomic E-state index is 12.2. The summed E-state index contributed by atoms with van der Waals surface area (Å²) in [6.07, 6.45) is 4.47. The van der Waals surface area contributed by atoms with Crippen LogP contribution in [0.1, 0.15) is 38.3 Å². The van der Waals surface area contributed by atoms with Crippen molar-refractivity contribution in [3.05, 3.63) is 11.1 Å². The number of amides is 1. The van der Waals surface area contributed by atoms with E-state index in [9.17, 15) is 4.79 Å². The summed E-state index contributed by atoms with van der Waals surface area (Å²) in [6, 6.07) is 0. The minimum atomic E-state index is 0.133. The molecular formula is C16H26N4OS. The number of anilines is 1. The number of rotatable bonds is 4. The zero-order chi connectivity index (χ0) is 15.4. The van der Waals surface area contributed by atoms with Gasteiger partial charge in [0.2, 0.25) is 5.91 Å². The Balaban J connectivity index is 1.51. The summed E-state index contributed by atoms with van der Waals surface area (Å²) in [5.41, 5.74) is 1.08. The van der Waals surface area contributed by atoms with Crippen LogP contribution in [0.25, 0.3) is 0 Å². The summed E-state index contributed by atoms with van der Waals surface area (Å²) in [5.74, 6) is 1.05. The molecule has 2 aliphatic rings. The highest BCUT2D eigenvalue weighted by molar-refractivity contribution is 7.13. The molecule has 3 rings (SSSR count). The molecule has 1 atom stereocenters. The first kappa shape index (κ1) is 15.9. The average Bonchev–Trinajstić information content (AvgIpc) is 2.95. The number of likely N-dealkylation sites (tertiary alicyclic amines) is 1. The number of nitrogens with zero attached hydrogens (tertiary/aromatic N) is 2. The quantitative estimate of drug-likeness (QED) is 0.893. The highest BCUT2D eigenvalue weighted by atomic mass is 32.1. The maximum Gasteiger partial charge on any atom is 0.229 e. The molecule has 0 radical (unpaired) electrons. The molecule has 6 heteroatoms. The van der Waals surface area contributed by atoms with E-state index in [1.165, 1.54) is 19.4 Å². The van der Waals surface area contributed by atoms with Crippen molar-refractivity contribution < 1.29 is 4.79 Å². The van der Waals surface area contributed by atoms with Gasteiger partial charge in [0.1, 0.15) is 0 Å². The van der Waals surface area contributed by atoms with Crippen LogP contribution in [-0.2, 0) is 11.3 Å². The molecule has 0 aliphatic carbocycles. The Kier molecular flexibility index (Phi) is 5.44. The molecule has 122 valence electrons. The molecule has 0 saturated carbocycles. The van der Waals surface area contributed by atoms with Crippen molar-refractivity contribution in [1.29, 1.82) is 0 Å². The van der Waals surface area contributed by atoms with Crippen LogP contribution >= 0.6 is 11.3 Å². The van der Waals surface area contributed by atoms with Gasteiger partial charge in [0, 0.05) is 24.4 Å². The van der Waals surface area contributed by atoms with Gasteiger partial charge in [0.05, 0.1) is 5.69 Å². The minimum absolute atomic E-state index is 0.133. The summed E-state index contributed by atoms with van der Waals surface area (Å²) >= 11 is 1.55. The van der Waals surface area contributed by atoms with Gasteiger partial charge >= 0.3 is 0 Å². The van der Waals surface area contributed by atoms with E-state index in [-0.39, 0.29) is 11.8 Å². The van der Waals surface area contributed by atoms with E-state index >= 15 is 0 Å². The van der Waals surface area contributed by atoms with Gasteiger partial charge in [-0.25, -0.2) is 4.98 Å². The number of thiazole rings is 1. The monoisotopic (exact) mass is 322 g/mol. The molecule has 0 aromatic carbocycles. The average molecular weight is 322 g/mol. The van der Waals surface area contributed by atoms with Crippen LogP contribution in [0.2, 0.25) is 0 Å². The zero-order valence-electron chi connectivity index (χ0n) is 13.3. The highest BCUT2D eigenvalue weighted by Crippen LogP contribution is 2.22.